The van der Waals surface area contributed by atoms with E-state index in [1.165, 1.54) is 24.0 Å². The lowest BCUT2D eigenvalue weighted by Gasteiger charge is -2.15. The van der Waals surface area contributed by atoms with Crippen molar-refractivity contribution < 1.29 is 4.74 Å². The minimum Gasteiger partial charge on any atom is -0.492 e. The van der Waals surface area contributed by atoms with Gasteiger partial charge in [-0.25, -0.2) is 0 Å². The molecule has 0 amide bonds. The summed E-state index contributed by atoms with van der Waals surface area (Å²) in [6.07, 6.45) is 2.67. The molecule has 0 bridgehead atoms. The Morgan fingerprint density at radius 3 is 2.76 bits per heavy atom. The summed E-state index contributed by atoms with van der Waals surface area (Å²) in [7, 11) is 0. The van der Waals surface area contributed by atoms with Crippen LogP contribution in [-0.4, -0.2) is 19.2 Å². The fourth-order valence-electron chi connectivity index (χ4n) is 1.96. The molecule has 1 saturated carbocycles. The molecule has 1 aromatic carbocycles. The molecule has 0 atom stereocenters. The van der Waals surface area contributed by atoms with E-state index in [-0.39, 0.29) is 0 Å². The molecule has 17 heavy (non-hydrogen) atoms. The number of ether oxygens (including phenoxy) is 1. The molecule has 2 heteroatoms. The Kier molecular flexibility index (Phi) is 4.06. The van der Waals surface area contributed by atoms with Gasteiger partial charge in [-0.3, -0.25) is 0 Å². The molecule has 1 aliphatic rings. The van der Waals surface area contributed by atoms with Crippen molar-refractivity contribution in [2.45, 2.75) is 45.6 Å². The van der Waals surface area contributed by atoms with E-state index in [0.29, 0.717) is 5.92 Å². The molecule has 0 saturated heterocycles. The van der Waals surface area contributed by atoms with Crippen LogP contribution >= 0.6 is 0 Å². The van der Waals surface area contributed by atoms with Gasteiger partial charge in [0.25, 0.3) is 0 Å². The van der Waals surface area contributed by atoms with E-state index in [0.717, 1.165) is 24.9 Å². The topological polar surface area (TPSA) is 21.3 Å². The first-order chi connectivity index (χ1) is 8.16. The Labute approximate surface area is 104 Å². The highest BCUT2D eigenvalue weighted by Crippen LogP contribution is 2.27. The summed E-state index contributed by atoms with van der Waals surface area (Å²) in [5, 5.41) is 3.47. The van der Waals surface area contributed by atoms with Gasteiger partial charge >= 0.3 is 0 Å². The molecule has 0 aromatic heterocycles. The van der Waals surface area contributed by atoms with Gasteiger partial charge in [0.1, 0.15) is 12.4 Å². The van der Waals surface area contributed by atoms with Crippen molar-refractivity contribution in [3.05, 3.63) is 29.3 Å². The fourth-order valence-corrected chi connectivity index (χ4v) is 1.96. The standard InChI is InChI=1S/C15H23NO/c1-11(2)14-7-4-12(3)10-15(14)17-9-8-16-13-5-6-13/h4,7,10-11,13,16H,5-6,8-9H2,1-3H3. The van der Waals surface area contributed by atoms with Crippen LogP contribution in [0.4, 0.5) is 0 Å². The third-order valence-corrected chi connectivity index (χ3v) is 3.16. The maximum atomic E-state index is 5.89. The molecule has 1 N–H and O–H groups in total. The third kappa shape index (κ3) is 3.74. The SMILES string of the molecule is Cc1ccc(C(C)C)c(OCCNC2CC2)c1. The number of hydrogen-bond donors (Lipinski definition) is 1. The first-order valence-corrected chi connectivity index (χ1v) is 6.63. The second-order valence-electron chi connectivity index (χ2n) is 5.27. The van der Waals surface area contributed by atoms with Crippen LogP contribution in [-0.2, 0) is 0 Å². The number of hydrogen-bond acceptors (Lipinski definition) is 2. The van der Waals surface area contributed by atoms with Crippen LogP contribution in [0.1, 0.15) is 43.7 Å². The van der Waals surface area contributed by atoms with Crippen molar-refractivity contribution in [2.24, 2.45) is 0 Å². The molecule has 94 valence electrons. The van der Waals surface area contributed by atoms with E-state index in [9.17, 15) is 0 Å². The lowest BCUT2D eigenvalue weighted by atomic mass is 10.0. The Morgan fingerprint density at radius 1 is 1.35 bits per heavy atom. The average molecular weight is 233 g/mol. The Balaban J connectivity index is 1.89. The molecule has 1 aromatic rings. The Morgan fingerprint density at radius 2 is 2.12 bits per heavy atom. The van der Waals surface area contributed by atoms with Crippen LogP contribution in [0.2, 0.25) is 0 Å². The van der Waals surface area contributed by atoms with Crippen LogP contribution in [0, 0.1) is 6.92 Å². The van der Waals surface area contributed by atoms with E-state index in [4.69, 9.17) is 4.74 Å². The normalized spacial score (nSPS) is 15.3. The van der Waals surface area contributed by atoms with Crippen molar-refractivity contribution in [1.82, 2.24) is 5.32 Å². The molecule has 1 aliphatic carbocycles. The second-order valence-corrected chi connectivity index (χ2v) is 5.27. The molecule has 0 heterocycles. The van der Waals surface area contributed by atoms with Gasteiger partial charge in [-0.1, -0.05) is 26.0 Å². The molecule has 0 spiro atoms. The van der Waals surface area contributed by atoms with Crippen LogP contribution in [0.25, 0.3) is 0 Å². The monoisotopic (exact) mass is 233 g/mol. The Bertz CT molecular complexity index is 369. The number of rotatable bonds is 6. The first kappa shape index (κ1) is 12.4. The summed E-state index contributed by atoms with van der Waals surface area (Å²) in [5.41, 5.74) is 2.57. The zero-order chi connectivity index (χ0) is 12.3. The van der Waals surface area contributed by atoms with Crippen molar-refractivity contribution in [3.63, 3.8) is 0 Å². The van der Waals surface area contributed by atoms with Gasteiger partial charge in [0.05, 0.1) is 0 Å². The third-order valence-electron chi connectivity index (χ3n) is 3.16. The van der Waals surface area contributed by atoms with E-state index in [1.54, 1.807) is 0 Å². The summed E-state index contributed by atoms with van der Waals surface area (Å²) in [4.78, 5) is 0. The molecule has 0 aliphatic heterocycles. The molecular weight excluding hydrogens is 210 g/mol. The van der Waals surface area contributed by atoms with Gasteiger partial charge in [0, 0.05) is 12.6 Å². The lowest BCUT2D eigenvalue weighted by molar-refractivity contribution is 0.309. The predicted molar refractivity (Wildman–Crippen MR) is 71.8 cm³/mol. The van der Waals surface area contributed by atoms with Crippen LogP contribution in [0.5, 0.6) is 5.75 Å². The van der Waals surface area contributed by atoms with Crippen LogP contribution < -0.4 is 10.1 Å². The highest BCUT2D eigenvalue weighted by atomic mass is 16.5. The van der Waals surface area contributed by atoms with Crippen LogP contribution in [0.15, 0.2) is 18.2 Å². The second kappa shape index (κ2) is 5.54. The van der Waals surface area contributed by atoms with Gasteiger partial charge in [-0.2, -0.15) is 0 Å². The van der Waals surface area contributed by atoms with Crippen molar-refractivity contribution >= 4 is 0 Å². The predicted octanol–water partition coefficient (Wildman–Crippen LogP) is 3.25. The van der Waals surface area contributed by atoms with Crippen molar-refractivity contribution in [1.29, 1.82) is 0 Å². The largest absolute Gasteiger partial charge is 0.492 e. The minimum atomic E-state index is 0.516. The van der Waals surface area contributed by atoms with Gasteiger partial charge < -0.3 is 10.1 Å². The van der Waals surface area contributed by atoms with E-state index < -0.39 is 0 Å². The van der Waals surface area contributed by atoms with Crippen LogP contribution in [0.3, 0.4) is 0 Å². The summed E-state index contributed by atoms with van der Waals surface area (Å²) >= 11 is 0. The summed E-state index contributed by atoms with van der Waals surface area (Å²) in [6.45, 7) is 8.25. The van der Waals surface area contributed by atoms with Gasteiger partial charge in [-0.05, 0) is 42.9 Å². The zero-order valence-corrected chi connectivity index (χ0v) is 11.1. The molecule has 0 radical (unpaired) electrons. The summed E-state index contributed by atoms with van der Waals surface area (Å²) in [6, 6.07) is 7.25. The number of nitrogens with one attached hydrogen (secondary N) is 1. The molecule has 2 nitrogen and oxygen atoms in total. The van der Waals surface area contributed by atoms with E-state index >= 15 is 0 Å². The smallest absolute Gasteiger partial charge is 0.123 e. The minimum absolute atomic E-state index is 0.516. The Hall–Kier alpha value is -1.02. The molecular formula is C15H23NO. The maximum Gasteiger partial charge on any atom is 0.123 e. The van der Waals surface area contributed by atoms with Crippen molar-refractivity contribution in [2.75, 3.05) is 13.2 Å². The van der Waals surface area contributed by atoms with Gasteiger partial charge in [0.15, 0.2) is 0 Å². The lowest BCUT2D eigenvalue weighted by Crippen LogP contribution is -2.23. The highest BCUT2D eigenvalue weighted by Gasteiger charge is 2.19. The highest BCUT2D eigenvalue weighted by molar-refractivity contribution is 5.39. The molecule has 0 unspecified atom stereocenters. The maximum absolute atomic E-state index is 5.89. The molecule has 1 fully saturated rings. The van der Waals surface area contributed by atoms with E-state index in [2.05, 4.69) is 44.3 Å². The average Bonchev–Trinajstić information content (AvgIpc) is 3.08. The number of aryl methyl sites for hydroxylation is 1. The fraction of sp³-hybridized carbons (Fsp3) is 0.600. The van der Waals surface area contributed by atoms with Gasteiger partial charge in [0.2, 0.25) is 0 Å². The summed E-state index contributed by atoms with van der Waals surface area (Å²) in [5.74, 6) is 1.57. The van der Waals surface area contributed by atoms with Crippen molar-refractivity contribution in [3.8, 4) is 5.75 Å². The first-order valence-electron chi connectivity index (χ1n) is 6.63. The number of benzene rings is 1. The van der Waals surface area contributed by atoms with E-state index in [1.807, 2.05) is 0 Å². The quantitative estimate of drug-likeness (QED) is 0.762. The zero-order valence-electron chi connectivity index (χ0n) is 11.1. The molecule has 2 rings (SSSR count). The van der Waals surface area contributed by atoms with Gasteiger partial charge in [-0.15, -0.1) is 0 Å². The summed E-state index contributed by atoms with van der Waals surface area (Å²) < 4.78 is 5.89.